The first kappa shape index (κ1) is 10.5. The summed E-state index contributed by atoms with van der Waals surface area (Å²) < 4.78 is 0.621. The van der Waals surface area contributed by atoms with Crippen LogP contribution < -0.4 is 5.32 Å². The molecule has 0 atom stereocenters. The van der Waals surface area contributed by atoms with Crippen molar-refractivity contribution in [3.8, 4) is 0 Å². The molecule has 1 aromatic rings. The maximum absolute atomic E-state index is 11.7. The van der Waals surface area contributed by atoms with Crippen LogP contribution >= 0.6 is 15.9 Å². The Kier molecular flexibility index (Phi) is 2.97. The molecule has 0 unspecified atom stereocenters. The summed E-state index contributed by atoms with van der Waals surface area (Å²) in [7, 11) is 2.02. The lowest BCUT2D eigenvalue weighted by Crippen LogP contribution is -2.57. The number of nitrogens with one attached hydrogen (secondary N) is 1. The fourth-order valence-electron chi connectivity index (χ4n) is 1.52. The third kappa shape index (κ3) is 2.32. The van der Waals surface area contributed by atoms with Crippen molar-refractivity contribution in [2.45, 2.75) is 6.04 Å². The Morgan fingerprint density at radius 1 is 1.67 bits per heavy atom. The summed E-state index contributed by atoms with van der Waals surface area (Å²) >= 11 is 3.24. The van der Waals surface area contributed by atoms with Crippen molar-refractivity contribution in [3.63, 3.8) is 0 Å². The van der Waals surface area contributed by atoms with Crippen LogP contribution in [0, 0.1) is 0 Å². The highest BCUT2D eigenvalue weighted by atomic mass is 79.9. The second-order valence-electron chi connectivity index (χ2n) is 3.61. The van der Waals surface area contributed by atoms with Crippen LogP contribution in [0.5, 0.6) is 0 Å². The minimum absolute atomic E-state index is 0.151. The molecular weight excluding hydrogens is 260 g/mol. The number of aromatic nitrogens is 2. The molecule has 15 heavy (non-hydrogen) atoms. The molecule has 1 aliphatic rings. The molecule has 5 nitrogen and oxygen atoms in total. The van der Waals surface area contributed by atoms with Gasteiger partial charge in [0.25, 0.3) is 5.91 Å². The van der Waals surface area contributed by atoms with Gasteiger partial charge in [-0.15, -0.1) is 0 Å². The lowest BCUT2D eigenvalue weighted by molar-refractivity contribution is 0.0851. The number of carbonyl (C=O) groups excluding carboxylic acids is 1. The first-order chi connectivity index (χ1) is 7.16. The van der Waals surface area contributed by atoms with Crippen molar-refractivity contribution in [2.75, 3.05) is 20.1 Å². The van der Waals surface area contributed by atoms with Gasteiger partial charge in [0.2, 0.25) is 0 Å². The summed E-state index contributed by atoms with van der Waals surface area (Å²) in [6.07, 6.45) is 2.93. The molecule has 0 spiro atoms. The first-order valence-electron chi connectivity index (χ1n) is 4.61. The van der Waals surface area contributed by atoms with Gasteiger partial charge in [-0.3, -0.25) is 4.79 Å². The molecule has 1 aliphatic heterocycles. The lowest BCUT2D eigenvalue weighted by atomic mass is 10.1. The molecule has 0 radical (unpaired) electrons. The monoisotopic (exact) mass is 270 g/mol. The van der Waals surface area contributed by atoms with E-state index in [9.17, 15) is 4.79 Å². The van der Waals surface area contributed by atoms with Crippen molar-refractivity contribution in [3.05, 3.63) is 22.7 Å². The topological polar surface area (TPSA) is 58.1 Å². The molecule has 0 aromatic carbocycles. The van der Waals surface area contributed by atoms with Crippen molar-refractivity contribution >= 4 is 21.8 Å². The van der Waals surface area contributed by atoms with Gasteiger partial charge in [-0.25, -0.2) is 9.97 Å². The number of nitrogens with zero attached hydrogens (tertiary/aromatic N) is 3. The molecule has 1 amide bonds. The highest BCUT2D eigenvalue weighted by molar-refractivity contribution is 9.10. The number of likely N-dealkylation sites (tertiary alicyclic amines) is 1. The first-order valence-corrected chi connectivity index (χ1v) is 5.41. The zero-order valence-corrected chi connectivity index (χ0v) is 9.86. The van der Waals surface area contributed by atoms with E-state index in [1.165, 1.54) is 6.33 Å². The van der Waals surface area contributed by atoms with Crippen LogP contribution in [-0.4, -0.2) is 47.0 Å². The van der Waals surface area contributed by atoms with Gasteiger partial charge in [-0.05, 0) is 23.0 Å². The van der Waals surface area contributed by atoms with E-state index in [1.54, 1.807) is 6.20 Å². The third-order valence-corrected chi connectivity index (χ3v) is 2.86. The summed E-state index contributed by atoms with van der Waals surface area (Å²) in [6, 6.07) is 0.240. The molecule has 1 fully saturated rings. The fraction of sp³-hybridized carbons (Fsp3) is 0.444. The van der Waals surface area contributed by atoms with Gasteiger partial charge in [-0.2, -0.15) is 0 Å². The van der Waals surface area contributed by atoms with Crippen molar-refractivity contribution in [2.24, 2.45) is 0 Å². The number of hydrogen-bond donors (Lipinski definition) is 1. The molecule has 1 saturated heterocycles. The van der Waals surface area contributed by atoms with Gasteiger partial charge in [0.05, 0.1) is 10.5 Å². The number of hydrogen-bond acceptors (Lipinski definition) is 4. The minimum Gasteiger partial charge on any atom is -0.345 e. The highest BCUT2D eigenvalue weighted by Crippen LogP contribution is 2.12. The van der Waals surface area contributed by atoms with E-state index in [-0.39, 0.29) is 11.9 Å². The normalized spacial score (nSPS) is 17.2. The van der Waals surface area contributed by atoms with Crippen molar-refractivity contribution in [1.82, 2.24) is 20.2 Å². The Labute approximate surface area is 96.0 Å². The number of carbonyl (C=O) groups is 1. The SMILES string of the molecule is CN1CC(NC(=O)c2ncncc2Br)C1. The minimum atomic E-state index is -0.151. The van der Waals surface area contributed by atoms with Gasteiger partial charge in [0.1, 0.15) is 12.0 Å². The van der Waals surface area contributed by atoms with Gasteiger partial charge in [-0.1, -0.05) is 0 Å². The summed E-state index contributed by atoms with van der Waals surface area (Å²) in [6.45, 7) is 1.79. The highest BCUT2D eigenvalue weighted by Gasteiger charge is 2.25. The Morgan fingerprint density at radius 2 is 2.40 bits per heavy atom. The predicted molar refractivity (Wildman–Crippen MR) is 58.5 cm³/mol. The molecule has 6 heteroatoms. The van der Waals surface area contributed by atoms with Gasteiger partial charge >= 0.3 is 0 Å². The van der Waals surface area contributed by atoms with Crippen LogP contribution in [0.15, 0.2) is 17.0 Å². The number of amides is 1. The van der Waals surface area contributed by atoms with E-state index in [0.717, 1.165) is 13.1 Å². The number of likely N-dealkylation sites (N-methyl/N-ethyl adjacent to an activating group) is 1. The van der Waals surface area contributed by atoms with E-state index in [2.05, 4.69) is 36.1 Å². The van der Waals surface area contributed by atoms with Gasteiger partial charge in [0.15, 0.2) is 0 Å². The van der Waals surface area contributed by atoms with Crippen molar-refractivity contribution < 1.29 is 4.79 Å². The fourth-order valence-corrected chi connectivity index (χ4v) is 1.92. The van der Waals surface area contributed by atoms with E-state index in [4.69, 9.17) is 0 Å². The van der Waals surface area contributed by atoms with Crippen LogP contribution in [-0.2, 0) is 0 Å². The second kappa shape index (κ2) is 4.24. The van der Waals surface area contributed by atoms with Crippen LogP contribution in [0.4, 0.5) is 0 Å². The van der Waals surface area contributed by atoms with E-state index in [0.29, 0.717) is 10.2 Å². The quantitative estimate of drug-likeness (QED) is 0.839. The summed E-state index contributed by atoms with van der Waals surface area (Å²) in [5.41, 5.74) is 0.388. The summed E-state index contributed by atoms with van der Waals surface area (Å²) in [5.74, 6) is -0.151. The molecule has 1 aromatic heterocycles. The smallest absolute Gasteiger partial charge is 0.271 e. The molecule has 1 N–H and O–H groups in total. The third-order valence-electron chi connectivity index (χ3n) is 2.28. The number of rotatable bonds is 2. The van der Waals surface area contributed by atoms with Crippen molar-refractivity contribution in [1.29, 1.82) is 0 Å². The Balaban J connectivity index is 1.99. The Bertz CT molecular complexity index is 378. The summed E-state index contributed by atoms with van der Waals surface area (Å²) in [4.78, 5) is 21.6. The predicted octanol–water partition coefficient (Wildman–Crippen LogP) is 0.283. The van der Waals surface area contributed by atoms with E-state index in [1.807, 2.05) is 7.05 Å². The molecule has 0 saturated carbocycles. The zero-order chi connectivity index (χ0) is 10.8. The van der Waals surface area contributed by atoms with Gasteiger partial charge < -0.3 is 10.2 Å². The summed E-state index contributed by atoms with van der Waals surface area (Å²) in [5, 5.41) is 2.90. The maximum atomic E-state index is 11.7. The van der Waals surface area contributed by atoms with Crippen LogP contribution in [0.2, 0.25) is 0 Å². The van der Waals surface area contributed by atoms with Gasteiger partial charge in [0, 0.05) is 19.3 Å². The molecular formula is C9H11BrN4O. The zero-order valence-electron chi connectivity index (χ0n) is 8.27. The maximum Gasteiger partial charge on any atom is 0.271 e. The average molecular weight is 271 g/mol. The molecule has 2 heterocycles. The molecule has 0 aliphatic carbocycles. The Morgan fingerprint density at radius 3 is 3.00 bits per heavy atom. The number of halogens is 1. The standard InChI is InChI=1S/C9H11BrN4O/c1-14-3-6(4-14)13-9(15)8-7(10)2-11-5-12-8/h2,5-6H,3-4H2,1H3,(H,13,15). The Hall–Kier alpha value is -1.01. The molecule has 0 bridgehead atoms. The average Bonchev–Trinajstić information content (AvgIpc) is 2.16. The second-order valence-corrected chi connectivity index (χ2v) is 4.47. The molecule has 2 rings (SSSR count). The van der Waals surface area contributed by atoms with Crippen LogP contribution in [0.25, 0.3) is 0 Å². The van der Waals surface area contributed by atoms with Crippen LogP contribution in [0.3, 0.4) is 0 Å². The molecule has 80 valence electrons. The van der Waals surface area contributed by atoms with E-state index >= 15 is 0 Å². The van der Waals surface area contributed by atoms with Crippen LogP contribution in [0.1, 0.15) is 10.5 Å². The largest absolute Gasteiger partial charge is 0.345 e. The lowest BCUT2D eigenvalue weighted by Gasteiger charge is -2.36. The van der Waals surface area contributed by atoms with E-state index < -0.39 is 0 Å².